The normalized spacial score (nSPS) is 15.7. The smallest absolute Gasteiger partial charge is 0.333 e. The molecule has 2 aliphatic carbocycles. The summed E-state index contributed by atoms with van der Waals surface area (Å²) in [4.78, 5) is 5.37. The van der Waals surface area contributed by atoms with Crippen molar-refractivity contribution in [3.05, 3.63) is 197 Å². The lowest BCUT2D eigenvalue weighted by atomic mass is 9.42. The van der Waals surface area contributed by atoms with Crippen LogP contribution in [0.2, 0.25) is 0 Å². The van der Waals surface area contributed by atoms with E-state index in [-0.39, 0.29) is 28.5 Å². The van der Waals surface area contributed by atoms with Crippen LogP contribution in [0, 0.1) is 0 Å². The first-order valence-electron chi connectivity index (χ1n) is 23.6. The van der Waals surface area contributed by atoms with E-state index in [1.807, 2.05) is 0 Å². The van der Waals surface area contributed by atoms with Crippen LogP contribution < -0.4 is 20.6 Å². The van der Waals surface area contributed by atoms with Crippen molar-refractivity contribution in [2.75, 3.05) is 9.71 Å². The number of anilines is 5. The molecule has 8 aromatic rings. The number of para-hydroxylation sites is 1. The zero-order valence-corrected chi connectivity index (χ0v) is 39.6. The Morgan fingerprint density at radius 2 is 1.00 bits per heavy atom. The van der Waals surface area contributed by atoms with Gasteiger partial charge in [-0.25, -0.2) is 0 Å². The van der Waals surface area contributed by atoms with Crippen molar-refractivity contribution in [2.24, 2.45) is 0 Å². The van der Waals surface area contributed by atoms with Gasteiger partial charge < -0.3 is 9.71 Å². The standard InChI is InChI=1S/C62H57BN2/c1-59(2,3)39-28-31-41(32-29-39)65-53-27-19-16-24-44(53)56-57-47(43-23-15-18-26-49(43)62(57,9)10)36-55-58(56)63(65)51-35-46-42-22-14-17-25-48(42)61(7,8)50(46)37-54(51)64(55)52-33-30-40(60(4,5)6)34-45(52)38-20-12-11-13-21-38/h11-37H,1-10H3. The lowest BCUT2D eigenvalue weighted by Gasteiger charge is -2.47. The number of hydrogen-bond acceptors (Lipinski definition) is 2. The number of rotatable bonds is 3. The van der Waals surface area contributed by atoms with Crippen LogP contribution in [0.5, 0.6) is 0 Å². The molecule has 0 N–H and O–H groups in total. The topological polar surface area (TPSA) is 6.48 Å². The molecule has 0 amide bonds. The molecule has 12 rings (SSSR count). The fraction of sp³-hybridized carbons (Fsp3) is 0.226. The third kappa shape index (κ3) is 5.60. The second-order valence-corrected chi connectivity index (χ2v) is 22.2. The molecule has 0 unspecified atom stereocenters. The summed E-state index contributed by atoms with van der Waals surface area (Å²) >= 11 is 0. The summed E-state index contributed by atoms with van der Waals surface area (Å²) in [6.07, 6.45) is 0. The maximum absolute atomic E-state index is 2.68. The number of benzene rings is 8. The monoisotopic (exact) mass is 840 g/mol. The molecule has 4 aliphatic rings. The van der Waals surface area contributed by atoms with Gasteiger partial charge in [0.25, 0.3) is 0 Å². The minimum Gasteiger partial charge on any atom is -0.376 e. The summed E-state index contributed by atoms with van der Waals surface area (Å²) in [6.45, 7) is 23.6. The SMILES string of the molecule is CC(C)(C)c1ccc(N2B3c4cc5c(cc4N(c4ccc(C(C)(C)C)cc4-c4ccccc4)c4cc6c(c(c43)-c3ccccc32)C(C)(C)c2ccccc2-6)C(C)(C)c2ccccc2-5)cc1. The molecule has 3 heteroatoms. The van der Waals surface area contributed by atoms with Gasteiger partial charge in [-0.1, -0.05) is 191 Å². The van der Waals surface area contributed by atoms with Crippen LogP contribution in [0.1, 0.15) is 103 Å². The summed E-state index contributed by atoms with van der Waals surface area (Å²) < 4.78 is 0. The Kier molecular flexibility index (Phi) is 8.29. The molecule has 0 saturated heterocycles. The minimum atomic E-state index is -0.222. The quantitative estimate of drug-likeness (QED) is 0.164. The molecule has 65 heavy (non-hydrogen) atoms. The minimum absolute atomic E-state index is 0.0294. The Morgan fingerprint density at radius 3 is 1.68 bits per heavy atom. The third-order valence-corrected chi connectivity index (χ3v) is 15.5. The van der Waals surface area contributed by atoms with E-state index >= 15 is 0 Å². The van der Waals surface area contributed by atoms with Crippen LogP contribution in [-0.4, -0.2) is 6.85 Å². The fourth-order valence-electron chi connectivity index (χ4n) is 12.2. The highest BCUT2D eigenvalue weighted by atomic mass is 15.2. The Labute approximate surface area is 386 Å². The van der Waals surface area contributed by atoms with E-state index in [1.54, 1.807) is 0 Å². The van der Waals surface area contributed by atoms with Crippen LogP contribution in [0.25, 0.3) is 44.5 Å². The van der Waals surface area contributed by atoms with E-state index in [2.05, 4.69) is 243 Å². The van der Waals surface area contributed by atoms with Gasteiger partial charge in [-0.3, -0.25) is 0 Å². The molecule has 318 valence electrons. The van der Waals surface area contributed by atoms with Crippen LogP contribution in [0.3, 0.4) is 0 Å². The Morgan fingerprint density at radius 1 is 0.415 bits per heavy atom. The van der Waals surface area contributed by atoms with E-state index in [9.17, 15) is 0 Å². The Bertz CT molecular complexity index is 3280. The Hall–Kier alpha value is -6.58. The molecule has 0 atom stereocenters. The number of hydrogen-bond donors (Lipinski definition) is 0. The van der Waals surface area contributed by atoms with Crippen LogP contribution in [0.4, 0.5) is 28.4 Å². The lowest BCUT2D eigenvalue weighted by Crippen LogP contribution is -2.62. The zero-order valence-electron chi connectivity index (χ0n) is 39.6. The third-order valence-electron chi connectivity index (χ3n) is 15.5. The Balaban J connectivity index is 1.26. The first-order chi connectivity index (χ1) is 31.0. The van der Waals surface area contributed by atoms with Gasteiger partial charge in [0.05, 0.1) is 5.69 Å². The molecule has 0 bridgehead atoms. The lowest BCUT2D eigenvalue weighted by molar-refractivity contribution is 0.590. The van der Waals surface area contributed by atoms with E-state index in [0.717, 1.165) is 0 Å². The average Bonchev–Trinajstić information content (AvgIpc) is 3.66. The molecule has 2 aliphatic heterocycles. The van der Waals surface area contributed by atoms with Gasteiger partial charge >= 0.3 is 6.85 Å². The maximum atomic E-state index is 2.68. The van der Waals surface area contributed by atoms with Gasteiger partial charge in [-0.05, 0) is 131 Å². The molecule has 0 aromatic heterocycles. The highest BCUT2D eigenvalue weighted by Gasteiger charge is 2.51. The summed E-state index contributed by atoms with van der Waals surface area (Å²) in [6, 6.07) is 63.2. The van der Waals surface area contributed by atoms with Gasteiger partial charge in [0.1, 0.15) is 0 Å². The van der Waals surface area contributed by atoms with Gasteiger partial charge in [0, 0.05) is 44.7 Å². The molecule has 8 aromatic carbocycles. The van der Waals surface area contributed by atoms with E-state index in [4.69, 9.17) is 0 Å². The summed E-state index contributed by atoms with van der Waals surface area (Å²) in [5.74, 6) is 0. The largest absolute Gasteiger partial charge is 0.376 e. The summed E-state index contributed by atoms with van der Waals surface area (Å²) in [5, 5.41) is 0. The molecular formula is C62H57BN2. The van der Waals surface area contributed by atoms with Crippen molar-refractivity contribution in [3.63, 3.8) is 0 Å². The van der Waals surface area contributed by atoms with E-state index < -0.39 is 0 Å². The summed E-state index contributed by atoms with van der Waals surface area (Å²) in [7, 11) is 0. The highest BCUT2D eigenvalue weighted by molar-refractivity contribution is 6.93. The predicted molar refractivity (Wildman–Crippen MR) is 278 cm³/mol. The van der Waals surface area contributed by atoms with Crippen LogP contribution in [0.15, 0.2) is 164 Å². The van der Waals surface area contributed by atoms with Crippen molar-refractivity contribution in [1.82, 2.24) is 0 Å². The average molecular weight is 841 g/mol. The van der Waals surface area contributed by atoms with Crippen molar-refractivity contribution < 1.29 is 0 Å². The molecule has 2 nitrogen and oxygen atoms in total. The van der Waals surface area contributed by atoms with E-state index in [1.165, 1.54) is 117 Å². The fourth-order valence-corrected chi connectivity index (χ4v) is 12.2. The van der Waals surface area contributed by atoms with Crippen molar-refractivity contribution >= 4 is 46.2 Å². The molecule has 2 heterocycles. The van der Waals surface area contributed by atoms with Crippen LogP contribution in [-0.2, 0) is 21.7 Å². The predicted octanol–water partition coefficient (Wildman–Crippen LogP) is 15.3. The van der Waals surface area contributed by atoms with Gasteiger partial charge in [-0.15, -0.1) is 0 Å². The maximum Gasteiger partial charge on any atom is 0.333 e. The highest BCUT2D eigenvalue weighted by Crippen LogP contribution is 2.59. The van der Waals surface area contributed by atoms with Crippen LogP contribution >= 0.6 is 0 Å². The number of nitrogens with zero attached hydrogens (tertiary/aromatic N) is 2. The van der Waals surface area contributed by atoms with Crippen molar-refractivity contribution in [2.45, 2.75) is 90.9 Å². The van der Waals surface area contributed by atoms with Crippen molar-refractivity contribution in [1.29, 1.82) is 0 Å². The zero-order chi connectivity index (χ0) is 44.9. The molecule has 0 saturated carbocycles. The van der Waals surface area contributed by atoms with Crippen molar-refractivity contribution in [3.8, 4) is 44.5 Å². The molecule has 0 spiro atoms. The second-order valence-electron chi connectivity index (χ2n) is 22.2. The first kappa shape index (κ1) is 40.0. The summed E-state index contributed by atoms with van der Waals surface area (Å²) in [5.41, 5.74) is 27.2. The number of fused-ring (bicyclic) bond motifs is 11. The molecular weight excluding hydrogens is 784 g/mol. The second kappa shape index (κ2) is 13.5. The van der Waals surface area contributed by atoms with Gasteiger partial charge in [0.2, 0.25) is 0 Å². The van der Waals surface area contributed by atoms with Gasteiger partial charge in [0.15, 0.2) is 0 Å². The molecule has 0 fully saturated rings. The first-order valence-corrected chi connectivity index (χ1v) is 23.6. The molecule has 0 radical (unpaired) electrons. The van der Waals surface area contributed by atoms with E-state index in [0.29, 0.717) is 0 Å². The van der Waals surface area contributed by atoms with Gasteiger partial charge in [-0.2, -0.15) is 0 Å².